The van der Waals surface area contributed by atoms with Crippen LogP contribution in [0, 0.1) is 5.92 Å². The average molecular weight is 403 g/mol. The first-order valence-electron chi connectivity index (χ1n) is 8.73. The van der Waals surface area contributed by atoms with Gasteiger partial charge >= 0.3 is 5.97 Å². The van der Waals surface area contributed by atoms with E-state index in [1.54, 1.807) is 13.8 Å². The summed E-state index contributed by atoms with van der Waals surface area (Å²) in [4.78, 5) is 58.7. The number of rotatable bonds is 12. The fraction of sp³-hybridized carbons (Fsp3) is 0.688. The van der Waals surface area contributed by atoms with Crippen LogP contribution in [0.2, 0.25) is 0 Å². The number of primary amides is 1. The lowest BCUT2D eigenvalue weighted by Crippen LogP contribution is -2.57. The van der Waals surface area contributed by atoms with Gasteiger partial charge in [-0.05, 0) is 12.8 Å². The van der Waals surface area contributed by atoms with Crippen molar-refractivity contribution in [1.29, 1.82) is 0 Å². The van der Waals surface area contributed by atoms with Gasteiger partial charge in [0.05, 0.1) is 13.0 Å². The Balaban J connectivity index is 5.07. The second-order valence-electron chi connectivity index (χ2n) is 6.46. The number of carbonyl (C=O) groups excluding carboxylic acids is 4. The third-order valence-electron chi connectivity index (χ3n) is 4.10. The number of nitrogens with two attached hydrogens (primary N) is 2. The summed E-state index contributed by atoms with van der Waals surface area (Å²) in [5.74, 6) is -4.97. The minimum absolute atomic E-state index is 0.341. The third kappa shape index (κ3) is 8.31. The SMILES string of the molecule is CCC(C)C(NC(=O)C(C)NC(=O)C(CC(N)=O)NC(=O)C(N)CO)C(=O)O. The van der Waals surface area contributed by atoms with Crippen molar-refractivity contribution in [2.75, 3.05) is 6.61 Å². The fourth-order valence-electron chi connectivity index (χ4n) is 2.11. The summed E-state index contributed by atoms with van der Waals surface area (Å²) < 4.78 is 0. The lowest BCUT2D eigenvalue weighted by atomic mass is 9.99. The smallest absolute Gasteiger partial charge is 0.326 e. The summed E-state index contributed by atoms with van der Waals surface area (Å²) in [7, 11) is 0. The minimum Gasteiger partial charge on any atom is -0.480 e. The Morgan fingerprint density at radius 3 is 1.96 bits per heavy atom. The molecule has 0 saturated carbocycles. The van der Waals surface area contributed by atoms with Crippen LogP contribution in [0.1, 0.15) is 33.6 Å². The van der Waals surface area contributed by atoms with Crippen molar-refractivity contribution < 1.29 is 34.2 Å². The van der Waals surface area contributed by atoms with Gasteiger partial charge in [-0.25, -0.2) is 4.79 Å². The van der Waals surface area contributed by atoms with E-state index in [1.165, 1.54) is 6.92 Å². The molecule has 0 aliphatic rings. The van der Waals surface area contributed by atoms with E-state index in [9.17, 15) is 29.1 Å². The van der Waals surface area contributed by atoms with E-state index in [4.69, 9.17) is 16.6 Å². The van der Waals surface area contributed by atoms with E-state index in [0.29, 0.717) is 6.42 Å². The zero-order chi connectivity index (χ0) is 22.0. The summed E-state index contributed by atoms with van der Waals surface area (Å²) in [5, 5.41) is 24.9. The standard InChI is InChI=1S/C16H29N5O7/c1-4-7(2)12(16(27)28)21-13(24)8(3)19-15(26)10(5-11(18)23)20-14(25)9(17)6-22/h7-10,12,22H,4-6,17H2,1-3H3,(H2,18,23)(H,19,26)(H,20,25)(H,21,24)(H,27,28). The molecule has 0 aliphatic heterocycles. The Labute approximate surface area is 162 Å². The first-order chi connectivity index (χ1) is 12.9. The molecule has 0 saturated heterocycles. The van der Waals surface area contributed by atoms with E-state index in [1.807, 2.05) is 0 Å². The van der Waals surface area contributed by atoms with Gasteiger partial charge < -0.3 is 37.6 Å². The van der Waals surface area contributed by atoms with Crippen LogP contribution in [0.5, 0.6) is 0 Å². The van der Waals surface area contributed by atoms with Gasteiger partial charge in [0.15, 0.2) is 0 Å². The van der Waals surface area contributed by atoms with Crippen LogP contribution in [0.3, 0.4) is 0 Å². The molecule has 28 heavy (non-hydrogen) atoms. The van der Waals surface area contributed by atoms with Crippen LogP contribution in [0.15, 0.2) is 0 Å². The summed E-state index contributed by atoms with van der Waals surface area (Å²) >= 11 is 0. The second-order valence-corrected chi connectivity index (χ2v) is 6.46. The summed E-state index contributed by atoms with van der Waals surface area (Å²) in [6.07, 6.45) is -0.0511. The molecule has 4 amide bonds. The molecule has 0 rings (SSSR count). The number of carboxylic acids is 1. The molecular weight excluding hydrogens is 374 g/mol. The zero-order valence-electron chi connectivity index (χ0n) is 16.1. The maximum atomic E-state index is 12.3. The maximum Gasteiger partial charge on any atom is 0.326 e. The lowest BCUT2D eigenvalue weighted by molar-refractivity contribution is -0.143. The number of hydrogen-bond acceptors (Lipinski definition) is 7. The van der Waals surface area contributed by atoms with Gasteiger partial charge in [-0.3, -0.25) is 19.2 Å². The van der Waals surface area contributed by atoms with Crippen molar-refractivity contribution in [3.05, 3.63) is 0 Å². The van der Waals surface area contributed by atoms with Crippen LogP contribution in [0.25, 0.3) is 0 Å². The van der Waals surface area contributed by atoms with Crippen LogP contribution in [-0.2, 0) is 24.0 Å². The molecule has 0 heterocycles. The molecule has 5 atom stereocenters. The minimum atomic E-state index is -1.41. The van der Waals surface area contributed by atoms with Crippen molar-refractivity contribution in [3.8, 4) is 0 Å². The average Bonchev–Trinajstić information content (AvgIpc) is 2.62. The van der Waals surface area contributed by atoms with E-state index in [0.717, 1.165) is 0 Å². The topological polar surface area (TPSA) is 214 Å². The summed E-state index contributed by atoms with van der Waals surface area (Å²) in [6.45, 7) is 4.06. The molecule has 12 nitrogen and oxygen atoms in total. The van der Waals surface area contributed by atoms with Gasteiger partial charge in [0.25, 0.3) is 0 Å². The number of hydrogen-bond donors (Lipinski definition) is 7. The van der Waals surface area contributed by atoms with E-state index in [-0.39, 0.29) is 5.92 Å². The molecule has 0 aromatic rings. The molecule has 0 radical (unpaired) electrons. The van der Waals surface area contributed by atoms with Crippen LogP contribution >= 0.6 is 0 Å². The lowest BCUT2D eigenvalue weighted by Gasteiger charge is -2.24. The Morgan fingerprint density at radius 2 is 1.54 bits per heavy atom. The Hall–Kier alpha value is -2.73. The molecule has 160 valence electrons. The molecule has 0 aliphatic carbocycles. The maximum absolute atomic E-state index is 12.3. The fourth-order valence-corrected chi connectivity index (χ4v) is 2.11. The molecule has 0 bridgehead atoms. The normalized spacial score (nSPS) is 16.0. The summed E-state index contributed by atoms with van der Waals surface area (Å²) in [6, 6.07) is -5.02. The predicted octanol–water partition coefficient (Wildman–Crippen LogP) is -3.21. The Kier molecular flexibility index (Phi) is 10.7. The predicted molar refractivity (Wildman–Crippen MR) is 97.4 cm³/mol. The number of aliphatic carboxylic acids is 1. The summed E-state index contributed by atoms with van der Waals surface area (Å²) in [5.41, 5.74) is 10.4. The van der Waals surface area contributed by atoms with Gasteiger partial charge in [0.1, 0.15) is 24.2 Å². The van der Waals surface area contributed by atoms with Crippen LogP contribution in [0.4, 0.5) is 0 Å². The highest BCUT2D eigenvalue weighted by Crippen LogP contribution is 2.08. The third-order valence-corrected chi connectivity index (χ3v) is 4.10. The highest BCUT2D eigenvalue weighted by Gasteiger charge is 2.30. The number of carboxylic acid groups (broad SMARTS) is 1. The molecule has 5 unspecified atom stereocenters. The number of amides is 4. The monoisotopic (exact) mass is 403 g/mol. The molecule has 9 N–H and O–H groups in total. The Bertz CT molecular complexity index is 598. The van der Waals surface area contributed by atoms with Crippen molar-refractivity contribution in [1.82, 2.24) is 16.0 Å². The van der Waals surface area contributed by atoms with Gasteiger partial charge in [0, 0.05) is 0 Å². The number of nitrogens with one attached hydrogen (secondary N) is 3. The molecular formula is C16H29N5O7. The zero-order valence-corrected chi connectivity index (χ0v) is 16.1. The van der Waals surface area contributed by atoms with Crippen LogP contribution in [-0.4, -0.2) is 70.6 Å². The first kappa shape index (κ1) is 25.3. The first-order valence-corrected chi connectivity index (χ1v) is 8.73. The molecule has 0 aromatic heterocycles. The van der Waals surface area contributed by atoms with Gasteiger partial charge in [-0.1, -0.05) is 20.3 Å². The van der Waals surface area contributed by atoms with Crippen molar-refractivity contribution in [2.24, 2.45) is 17.4 Å². The highest BCUT2D eigenvalue weighted by atomic mass is 16.4. The van der Waals surface area contributed by atoms with Crippen molar-refractivity contribution in [2.45, 2.75) is 57.8 Å². The Morgan fingerprint density at radius 1 is 0.964 bits per heavy atom. The number of aliphatic hydroxyl groups is 1. The van der Waals surface area contributed by atoms with E-state index in [2.05, 4.69) is 16.0 Å². The molecule has 0 fully saturated rings. The molecule has 0 aromatic carbocycles. The van der Waals surface area contributed by atoms with Gasteiger partial charge in [-0.15, -0.1) is 0 Å². The van der Waals surface area contributed by atoms with E-state index < -0.39 is 66.8 Å². The van der Waals surface area contributed by atoms with Gasteiger partial charge in [-0.2, -0.15) is 0 Å². The van der Waals surface area contributed by atoms with Crippen molar-refractivity contribution >= 4 is 29.6 Å². The van der Waals surface area contributed by atoms with Crippen LogP contribution < -0.4 is 27.4 Å². The van der Waals surface area contributed by atoms with Crippen molar-refractivity contribution in [3.63, 3.8) is 0 Å². The second kappa shape index (κ2) is 11.9. The highest BCUT2D eigenvalue weighted by molar-refractivity contribution is 5.96. The van der Waals surface area contributed by atoms with E-state index >= 15 is 0 Å². The number of aliphatic hydroxyl groups excluding tert-OH is 1. The number of carbonyl (C=O) groups is 5. The molecule has 12 heteroatoms. The largest absolute Gasteiger partial charge is 0.480 e. The van der Waals surface area contributed by atoms with Gasteiger partial charge in [0.2, 0.25) is 23.6 Å². The molecule has 0 spiro atoms. The quantitative estimate of drug-likeness (QED) is 0.175.